The fourth-order valence-electron chi connectivity index (χ4n) is 2.36. The third-order valence-corrected chi connectivity index (χ3v) is 3.56. The van der Waals surface area contributed by atoms with Crippen molar-refractivity contribution in [3.8, 4) is 0 Å². The average molecular weight is 269 g/mol. The summed E-state index contributed by atoms with van der Waals surface area (Å²) in [4.78, 5) is 6.54. The second-order valence-electron chi connectivity index (χ2n) is 5.32. The molecule has 1 aromatic rings. The van der Waals surface area contributed by atoms with E-state index >= 15 is 0 Å². The van der Waals surface area contributed by atoms with Crippen molar-refractivity contribution in [3.05, 3.63) is 29.0 Å². The second-order valence-corrected chi connectivity index (χ2v) is 5.73. The van der Waals surface area contributed by atoms with Crippen molar-refractivity contribution in [2.24, 2.45) is 5.92 Å². The van der Waals surface area contributed by atoms with Crippen molar-refractivity contribution in [2.45, 2.75) is 32.9 Å². The smallest absolute Gasteiger partial charge is 0.0705 e. The highest BCUT2D eigenvalue weighted by Crippen LogP contribution is 2.19. The fraction of sp³-hybridized carbons (Fsp3) is 0.643. The maximum Gasteiger partial charge on any atom is 0.0705 e. The van der Waals surface area contributed by atoms with E-state index in [9.17, 15) is 0 Å². The zero-order valence-electron chi connectivity index (χ0n) is 11.1. The zero-order valence-corrected chi connectivity index (χ0v) is 11.9. The first-order chi connectivity index (χ1) is 8.65. The van der Waals surface area contributed by atoms with Crippen molar-refractivity contribution >= 4 is 11.6 Å². The van der Waals surface area contributed by atoms with Gasteiger partial charge in [-0.2, -0.15) is 0 Å². The zero-order chi connectivity index (χ0) is 13.0. The Bertz CT molecular complexity index is 384. The van der Waals surface area contributed by atoms with Gasteiger partial charge < -0.3 is 4.74 Å². The lowest BCUT2D eigenvalue weighted by Crippen LogP contribution is -2.42. The van der Waals surface area contributed by atoms with Crippen LogP contribution in [0.25, 0.3) is 0 Å². The molecule has 2 rings (SSSR count). The van der Waals surface area contributed by atoms with E-state index in [0.29, 0.717) is 12.0 Å². The molecule has 0 aliphatic carbocycles. The van der Waals surface area contributed by atoms with E-state index in [-0.39, 0.29) is 0 Å². The lowest BCUT2D eigenvalue weighted by atomic mass is 10.0. The predicted molar refractivity (Wildman–Crippen MR) is 73.7 cm³/mol. The van der Waals surface area contributed by atoms with Gasteiger partial charge in [0, 0.05) is 42.6 Å². The molecule has 0 bridgehead atoms. The molecule has 0 aromatic carbocycles. The van der Waals surface area contributed by atoms with Crippen LogP contribution in [-0.4, -0.2) is 35.7 Å². The molecular formula is C14H21ClN2O. The Kier molecular flexibility index (Phi) is 4.98. The monoisotopic (exact) mass is 268 g/mol. The van der Waals surface area contributed by atoms with Crippen molar-refractivity contribution in [3.63, 3.8) is 0 Å². The van der Waals surface area contributed by atoms with Gasteiger partial charge in [0.1, 0.15) is 0 Å². The van der Waals surface area contributed by atoms with Crippen molar-refractivity contribution in [2.75, 3.05) is 19.7 Å². The van der Waals surface area contributed by atoms with Crippen LogP contribution in [0.15, 0.2) is 18.5 Å². The minimum absolute atomic E-state index is 0.356. The van der Waals surface area contributed by atoms with E-state index in [1.165, 1.54) is 0 Å². The number of ether oxygens (including phenoxy) is 1. The van der Waals surface area contributed by atoms with Crippen molar-refractivity contribution < 1.29 is 4.74 Å². The minimum Gasteiger partial charge on any atom is -0.376 e. The molecule has 0 radical (unpaired) electrons. The van der Waals surface area contributed by atoms with Gasteiger partial charge in [0.25, 0.3) is 0 Å². The molecule has 100 valence electrons. The van der Waals surface area contributed by atoms with Crippen LogP contribution in [0.4, 0.5) is 0 Å². The van der Waals surface area contributed by atoms with Crippen LogP contribution in [0, 0.1) is 5.92 Å². The Morgan fingerprint density at radius 2 is 2.39 bits per heavy atom. The third-order valence-electron chi connectivity index (χ3n) is 3.20. The topological polar surface area (TPSA) is 25.4 Å². The van der Waals surface area contributed by atoms with Crippen molar-refractivity contribution in [1.29, 1.82) is 0 Å². The summed E-state index contributed by atoms with van der Waals surface area (Å²) in [5, 5.41) is 0.803. The Morgan fingerprint density at radius 3 is 3.11 bits per heavy atom. The standard InChI is InChI=1S/C14H21ClN2O/c1-11(2)7-13-10-17(5-6-18-13)9-12-8-16-4-3-14(12)15/h3-4,8,11,13H,5-7,9-10H2,1-2H3. The quantitative estimate of drug-likeness (QED) is 0.839. The highest BCUT2D eigenvalue weighted by atomic mass is 35.5. The Hall–Kier alpha value is -0.640. The molecule has 1 aliphatic rings. The van der Waals surface area contributed by atoms with E-state index in [4.69, 9.17) is 16.3 Å². The van der Waals surface area contributed by atoms with E-state index in [1.54, 1.807) is 6.20 Å². The van der Waals surface area contributed by atoms with Crippen LogP contribution >= 0.6 is 11.6 Å². The lowest BCUT2D eigenvalue weighted by molar-refractivity contribution is -0.0400. The number of nitrogens with zero attached hydrogens (tertiary/aromatic N) is 2. The number of halogens is 1. The summed E-state index contributed by atoms with van der Waals surface area (Å²) in [5.41, 5.74) is 1.10. The SMILES string of the molecule is CC(C)CC1CN(Cc2cnccc2Cl)CCO1. The van der Waals surface area contributed by atoms with E-state index in [1.807, 2.05) is 12.3 Å². The van der Waals surface area contributed by atoms with Gasteiger partial charge in [-0.1, -0.05) is 25.4 Å². The molecule has 1 aromatic heterocycles. The molecule has 1 fully saturated rings. The number of pyridine rings is 1. The maximum atomic E-state index is 6.17. The molecule has 1 unspecified atom stereocenters. The summed E-state index contributed by atoms with van der Waals surface area (Å²) in [5.74, 6) is 0.678. The molecule has 1 aliphatic heterocycles. The first kappa shape index (κ1) is 13.8. The number of morpholine rings is 1. The van der Waals surface area contributed by atoms with Crippen LogP contribution in [0.3, 0.4) is 0 Å². The fourth-order valence-corrected chi connectivity index (χ4v) is 2.52. The molecule has 2 heterocycles. The van der Waals surface area contributed by atoms with Crippen LogP contribution in [0.1, 0.15) is 25.8 Å². The molecule has 18 heavy (non-hydrogen) atoms. The molecule has 3 nitrogen and oxygen atoms in total. The number of aromatic nitrogens is 1. The molecule has 1 saturated heterocycles. The molecule has 0 amide bonds. The number of hydrogen-bond acceptors (Lipinski definition) is 3. The van der Waals surface area contributed by atoms with E-state index in [2.05, 4.69) is 23.7 Å². The highest BCUT2D eigenvalue weighted by molar-refractivity contribution is 6.31. The summed E-state index contributed by atoms with van der Waals surface area (Å²) in [6.07, 6.45) is 5.06. The van der Waals surface area contributed by atoms with Crippen LogP contribution in [0.5, 0.6) is 0 Å². The molecule has 4 heteroatoms. The number of hydrogen-bond donors (Lipinski definition) is 0. The van der Waals surface area contributed by atoms with Gasteiger partial charge in [-0.25, -0.2) is 0 Å². The maximum absolute atomic E-state index is 6.17. The average Bonchev–Trinajstić information content (AvgIpc) is 2.32. The van der Waals surface area contributed by atoms with Gasteiger partial charge in [0.15, 0.2) is 0 Å². The van der Waals surface area contributed by atoms with Crippen LogP contribution in [0.2, 0.25) is 5.02 Å². The highest BCUT2D eigenvalue weighted by Gasteiger charge is 2.21. The Balaban J connectivity index is 1.91. The predicted octanol–water partition coefficient (Wildman–Crippen LogP) is 2.98. The van der Waals surface area contributed by atoms with Gasteiger partial charge in [-0.05, 0) is 18.4 Å². The molecule has 0 saturated carbocycles. The third kappa shape index (κ3) is 3.94. The second kappa shape index (κ2) is 6.50. The first-order valence-electron chi connectivity index (χ1n) is 6.57. The van der Waals surface area contributed by atoms with Gasteiger partial charge in [0.05, 0.1) is 12.7 Å². The first-order valence-corrected chi connectivity index (χ1v) is 6.95. The van der Waals surface area contributed by atoms with Gasteiger partial charge >= 0.3 is 0 Å². The lowest BCUT2D eigenvalue weighted by Gasteiger charge is -2.33. The molecule has 0 spiro atoms. The van der Waals surface area contributed by atoms with E-state index < -0.39 is 0 Å². The Morgan fingerprint density at radius 1 is 1.56 bits per heavy atom. The largest absolute Gasteiger partial charge is 0.376 e. The summed E-state index contributed by atoms with van der Waals surface area (Å²) in [7, 11) is 0. The number of rotatable bonds is 4. The molecular weight excluding hydrogens is 248 g/mol. The minimum atomic E-state index is 0.356. The van der Waals surface area contributed by atoms with Gasteiger partial charge in [-0.15, -0.1) is 0 Å². The van der Waals surface area contributed by atoms with Gasteiger partial charge in [-0.3, -0.25) is 9.88 Å². The summed E-state index contributed by atoms with van der Waals surface area (Å²) < 4.78 is 5.80. The van der Waals surface area contributed by atoms with Crippen molar-refractivity contribution in [1.82, 2.24) is 9.88 Å². The normalized spacial score (nSPS) is 21.4. The Labute approximate surface area is 114 Å². The van der Waals surface area contributed by atoms with Gasteiger partial charge in [0.2, 0.25) is 0 Å². The summed E-state index contributed by atoms with van der Waals surface area (Å²) in [6, 6.07) is 1.85. The van der Waals surface area contributed by atoms with Crippen LogP contribution in [-0.2, 0) is 11.3 Å². The molecule has 0 N–H and O–H groups in total. The summed E-state index contributed by atoms with van der Waals surface area (Å²) in [6.45, 7) is 8.11. The molecule has 1 atom stereocenters. The van der Waals surface area contributed by atoms with Crippen LogP contribution < -0.4 is 0 Å². The van der Waals surface area contributed by atoms with E-state index in [0.717, 1.165) is 43.2 Å². The summed E-state index contributed by atoms with van der Waals surface area (Å²) >= 11 is 6.17.